The number of halogens is 3. The van der Waals surface area contributed by atoms with E-state index in [1.54, 1.807) is 16.8 Å². The first-order chi connectivity index (χ1) is 15.5. The van der Waals surface area contributed by atoms with Gasteiger partial charge in [-0.25, -0.2) is 18.2 Å². The highest BCUT2D eigenvalue weighted by molar-refractivity contribution is 7.92. The highest BCUT2D eigenvalue weighted by atomic mass is 32.2. The summed E-state index contributed by atoms with van der Waals surface area (Å²) >= 11 is 1.36. The van der Waals surface area contributed by atoms with E-state index in [-0.39, 0.29) is 22.1 Å². The molecule has 9 nitrogen and oxygen atoms in total. The highest BCUT2D eigenvalue weighted by Gasteiger charge is 2.31. The number of carbonyl (C=O) groups is 1. The second-order valence-electron chi connectivity index (χ2n) is 6.45. The topological polar surface area (TPSA) is 131 Å². The number of fused-ring (bicyclic) bond motifs is 1. The normalized spacial score (nSPS) is 12.0. The van der Waals surface area contributed by atoms with Crippen LogP contribution >= 0.6 is 11.3 Å². The standard InChI is InChI=1S/C19H12F3N3O6S2/c20-19(21,22)31-12-1-3-13(4-2-12)33(28,29)25-11-7-14-15(10-5-6-32-9-10)17(30-18(26)27)24-16(14)23-8-11/h1-9,25H,(H,23,24)(H,26,27). The third-order valence-electron chi connectivity index (χ3n) is 4.24. The second-order valence-corrected chi connectivity index (χ2v) is 8.92. The summed E-state index contributed by atoms with van der Waals surface area (Å²) in [4.78, 5) is 17.6. The minimum atomic E-state index is -4.90. The Morgan fingerprint density at radius 3 is 2.52 bits per heavy atom. The molecule has 0 spiro atoms. The van der Waals surface area contributed by atoms with Crippen molar-refractivity contribution in [3.8, 4) is 22.8 Å². The molecule has 14 heteroatoms. The van der Waals surface area contributed by atoms with Crippen LogP contribution in [0.4, 0.5) is 23.7 Å². The van der Waals surface area contributed by atoms with E-state index in [0.717, 1.165) is 24.3 Å². The number of ether oxygens (including phenoxy) is 2. The van der Waals surface area contributed by atoms with Crippen molar-refractivity contribution in [2.45, 2.75) is 11.3 Å². The Hall–Kier alpha value is -3.78. The molecular formula is C19H12F3N3O6S2. The minimum absolute atomic E-state index is 0.0375. The SMILES string of the molecule is O=C(O)Oc1[nH]c2ncc(NS(=O)(=O)c3ccc(OC(F)(F)F)cc3)cc2c1-c1ccsc1. The molecule has 3 heterocycles. The van der Waals surface area contributed by atoms with Crippen LogP contribution in [0.3, 0.4) is 0 Å². The van der Waals surface area contributed by atoms with Crippen LogP contribution in [0.25, 0.3) is 22.2 Å². The van der Waals surface area contributed by atoms with Crippen molar-refractivity contribution in [3.63, 3.8) is 0 Å². The van der Waals surface area contributed by atoms with E-state index in [9.17, 15) is 26.4 Å². The molecule has 4 aromatic rings. The maximum atomic E-state index is 12.7. The van der Waals surface area contributed by atoms with E-state index >= 15 is 0 Å². The van der Waals surface area contributed by atoms with Crippen LogP contribution in [-0.4, -0.2) is 36.0 Å². The predicted octanol–water partition coefficient (Wildman–Crippen LogP) is 5.05. The lowest BCUT2D eigenvalue weighted by atomic mass is 10.1. The molecule has 0 bridgehead atoms. The molecule has 0 aliphatic heterocycles. The number of benzene rings is 1. The molecule has 3 aromatic heterocycles. The van der Waals surface area contributed by atoms with Gasteiger partial charge in [-0.05, 0) is 52.7 Å². The van der Waals surface area contributed by atoms with Crippen LogP contribution in [-0.2, 0) is 10.0 Å². The van der Waals surface area contributed by atoms with Crippen molar-refractivity contribution in [2.24, 2.45) is 0 Å². The van der Waals surface area contributed by atoms with Crippen molar-refractivity contribution in [3.05, 3.63) is 53.4 Å². The van der Waals surface area contributed by atoms with E-state index < -0.39 is 28.3 Å². The summed E-state index contributed by atoms with van der Waals surface area (Å²) in [5.74, 6) is -0.646. The fraction of sp³-hybridized carbons (Fsp3) is 0.0526. The van der Waals surface area contributed by atoms with Gasteiger partial charge in [0.15, 0.2) is 0 Å². The monoisotopic (exact) mass is 499 g/mol. The molecule has 0 atom stereocenters. The number of anilines is 1. The maximum absolute atomic E-state index is 12.7. The van der Waals surface area contributed by atoms with Gasteiger partial charge in [0.2, 0.25) is 5.88 Å². The Balaban J connectivity index is 1.67. The summed E-state index contributed by atoms with van der Waals surface area (Å²) in [5.41, 5.74) is 1.29. The number of nitrogens with zero attached hydrogens (tertiary/aromatic N) is 1. The molecule has 0 aliphatic carbocycles. The van der Waals surface area contributed by atoms with Crippen LogP contribution in [0.1, 0.15) is 0 Å². The van der Waals surface area contributed by atoms with Gasteiger partial charge in [-0.15, -0.1) is 13.2 Å². The molecular weight excluding hydrogens is 487 g/mol. The Bertz CT molecular complexity index is 1420. The molecule has 3 N–H and O–H groups in total. The number of nitrogens with one attached hydrogen (secondary N) is 2. The average Bonchev–Trinajstić information content (AvgIpc) is 3.33. The quantitative estimate of drug-likeness (QED) is 0.317. The number of hydrogen-bond acceptors (Lipinski definition) is 7. The van der Waals surface area contributed by atoms with E-state index in [4.69, 9.17) is 9.84 Å². The van der Waals surface area contributed by atoms with Crippen LogP contribution in [0.5, 0.6) is 11.6 Å². The van der Waals surface area contributed by atoms with E-state index in [2.05, 4.69) is 19.4 Å². The molecule has 33 heavy (non-hydrogen) atoms. The second kappa shape index (κ2) is 8.29. The molecule has 0 aliphatic rings. The van der Waals surface area contributed by atoms with Crippen molar-refractivity contribution in [1.29, 1.82) is 0 Å². The molecule has 0 amide bonds. The van der Waals surface area contributed by atoms with Crippen molar-refractivity contribution >= 4 is 44.2 Å². The number of rotatable bonds is 6. The van der Waals surface area contributed by atoms with Crippen molar-refractivity contribution in [2.75, 3.05) is 4.72 Å². The lowest BCUT2D eigenvalue weighted by molar-refractivity contribution is -0.274. The lowest BCUT2D eigenvalue weighted by Crippen LogP contribution is -2.17. The predicted molar refractivity (Wildman–Crippen MR) is 112 cm³/mol. The van der Waals surface area contributed by atoms with Crippen molar-refractivity contribution < 1.29 is 41.0 Å². The number of carboxylic acid groups (broad SMARTS) is 1. The third kappa shape index (κ3) is 5.01. The molecule has 0 unspecified atom stereocenters. The Morgan fingerprint density at radius 2 is 1.91 bits per heavy atom. The van der Waals surface area contributed by atoms with Gasteiger partial charge in [-0.3, -0.25) is 4.72 Å². The van der Waals surface area contributed by atoms with Crippen LogP contribution in [0, 0.1) is 0 Å². The summed E-state index contributed by atoms with van der Waals surface area (Å²) in [6.45, 7) is 0. The first-order valence-electron chi connectivity index (χ1n) is 8.85. The molecule has 172 valence electrons. The summed E-state index contributed by atoms with van der Waals surface area (Å²) < 4.78 is 73.1. The number of thiophene rings is 1. The first-order valence-corrected chi connectivity index (χ1v) is 11.3. The van der Waals surface area contributed by atoms with Gasteiger partial charge < -0.3 is 19.6 Å². The largest absolute Gasteiger partial charge is 0.573 e. The molecule has 1 aromatic carbocycles. The van der Waals surface area contributed by atoms with Gasteiger partial charge in [0, 0.05) is 5.39 Å². The van der Waals surface area contributed by atoms with Gasteiger partial charge in [-0.1, -0.05) is 0 Å². The molecule has 0 saturated heterocycles. The van der Waals surface area contributed by atoms with Gasteiger partial charge in [0.25, 0.3) is 10.0 Å². The lowest BCUT2D eigenvalue weighted by Gasteiger charge is -2.11. The Morgan fingerprint density at radius 1 is 1.18 bits per heavy atom. The Labute approximate surface area is 187 Å². The maximum Gasteiger partial charge on any atom is 0.573 e. The van der Waals surface area contributed by atoms with E-state index in [1.165, 1.54) is 23.6 Å². The Kier molecular flexibility index (Phi) is 5.63. The van der Waals surface area contributed by atoms with E-state index in [1.807, 2.05) is 0 Å². The number of H-pyrrole nitrogens is 1. The zero-order valence-corrected chi connectivity index (χ0v) is 17.7. The van der Waals surface area contributed by atoms with Crippen LogP contribution < -0.4 is 14.2 Å². The number of pyridine rings is 1. The highest BCUT2D eigenvalue weighted by Crippen LogP contribution is 2.39. The van der Waals surface area contributed by atoms with Crippen LogP contribution in [0.15, 0.2) is 58.3 Å². The van der Waals surface area contributed by atoms with Gasteiger partial charge in [0.1, 0.15) is 11.4 Å². The zero-order valence-electron chi connectivity index (χ0n) is 16.1. The zero-order chi connectivity index (χ0) is 23.8. The third-order valence-corrected chi connectivity index (χ3v) is 6.32. The number of aromatic amines is 1. The molecule has 0 fully saturated rings. The summed E-state index contributed by atoms with van der Waals surface area (Å²) in [5, 5.41) is 12.9. The smallest absolute Gasteiger partial charge is 0.449 e. The summed E-state index contributed by atoms with van der Waals surface area (Å²) in [6.07, 6.45) is -5.25. The molecule has 4 rings (SSSR count). The first kappa shape index (κ1) is 22.4. The van der Waals surface area contributed by atoms with Gasteiger partial charge in [-0.2, -0.15) is 11.3 Å². The number of aromatic nitrogens is 2. The summed E-state index contributed by atoms with van der Waals surface area (Å²) in [6, 6.07) is 6.82. The number of hydrogen-bond donors (Lipinski definition) is 3. The average molecular weight is 499 g/mol. The van der Waals surface area contributed by atoms with E-state index in [0.29, 0.717) is 16.5 Å². The fourth-order valence-corrected chi connectivity index (χ4v) is 4.68. The fourth-order valence-electron chi connectivity index (χ4n) is 2.99. The minimum Gasteiger partial charge on any atom is -0.449 e. The van der Waals surface area contributed by atoms with Gasteiger partial charge in [0.05, 0.1) is 22.3 Å². The molecule has 0 saturated carbocycles. The number of alkyl halides is 3. The van der Waals surface area contributed by atoms with Gasteiger partial charge >= 0.3 is 12.5 Å². The summed E-state index contributed by atoms with van der Waals surface area (Å²) in [7, 11) is -4.18. The van der Waals surface area contributed by atoms with Crippen LogP contribution in [0.2, 0.25) is 0 Å². The number of sulfonamides is 1. The molecule has 0 radical (unpaired) electrons. The van der Waals surface area contributed by atoms with Crippen molar-refractivity contribution in [1.82, 2.24) is 9.97 Å².